The van der Waals surface area contributed by atoms with Gasteiger partial charge in [-0.05, 0) is 67.8 Å². The van der Waals surface area contributed by atoms with Crippen molar-refractivity contribution in [3.05, 3.63) is 78.4 Å². The van der Waals surface area contributed by atoms with Gasteiger partial charge in [0.2, 0.25) is 0 Å². The number of urea groups is 1. The van der Waals surface area contributed by atoms with Gasteiger partial charge < -0.3 is 15.2 Å². The number of hydrogen-bond acceptors (Lipinski definition) is 4. The second-order valence-electron chi connectivity index (χ2n) is 9.39. The number of unbranched alkanes of at least 4 members (excludes halogenated alkanes) is 4. The largest absolute Gasteiger partial charge is 0.492 e. The van der Waals surface area contributed by atoms with Crippen molar-refractivity contribution in [3.63, 3.8) is 0 Å². The summed E-state index contributed by atoms with van der Waals surface area (Å²) in [7, 11) is 0. The lowest BCUT2D eigenvalue weighted by molar-refractivity contribution is -0.138. The average Bonchev–Trinajstić information content (AvgIpc) is 2.93. The first-order valence-corrected chi connectivity index (χ1v) is 14.7. The van der Waals surface area contributed by atoms with Crippen LogP contribution in [-0.2, 0) is 4.79 Å². The number of amides is 2. The molecule has 0 saturated heterocycles. The van der Waals surface area contributed by atoms with Crippen molar-refractivity contribution in [2.75, 3.05) is 23.4 Å². The van der Waals surface area contributed by atoms with Crippen LogP contribution < -0.4 is 15.0 Å². The zero-order valence-electron chi connectivity index (χ0n) is 23.2. The van der Waals surface area contributed by atoms with Gasteiger partial charge in [-0.3, -0.25) is 9.69 Å². The molecule has 2 amide bonds. The fourth-order valence-electron chi connectivity index (χ4n) is 4.43. The second kappa shape index (κ2) is 15.8. The average molecular weight is 549 g/mol. The summed E-state index contributed by atoms with van der Waals surface area (Å²) in [6, 6.07) is 23.0. The first-order valence-electron chi connectivity index (χ1n) is 13.9. The van der Waals surface area contributed by atoms with Gasteiger partial charge in [0.25, 0.3) is 0 Å². The van der Waals surface area contributed by atoms with E-state index in [2.05, 4.69) is 12.2 Å². The Kier molecular flexibility index (Phi) is 12.2. The Hall–Kier alpha value is -3.45. The number of para-hydroxylation sites is 2. The van der Waals surface area contributed by atoms with Gasteiger partial charge in [0, 0.05) is 22.0 Å². The Balaban J connectivity index is 1.79. The van der Waals surface area contributed by atoms with Crippen LogP contribution in [0.1, 0.15) is 70.8 Å². The number of nitrogens with zero attached hydrogens (tertiary/aromatic N) is 1. The molecule has 0 bridgehead atoms. The molecule has 3 aromatic rings. The molecule has 0 fully saturated rings. The summed E-state index contributed by atoms with van der Waals surface area (Å²) in [4.78, 5) is 28.9. The summed E-state index contributed by atoms with van der Waals surface area (Å²) in [6.07, 6.45) is 6.07. The van der Waals surface area contributed by atoms with Gasteiger partial charge in [0.15, 0.2) is 0 Å². The highest BCUT2D eigenvalue weighted by molar-refractivity contribution is 7.99. The molecule has 0 spiro atoms. The molecule has 0 aromatic heterocycles. The normalized spacial score (nSPS) is 11.6. The molecule has 208 valence electrons. The number of carboxylic acids is 1. The lowest BCUT2D eigenvalue weighted by Gasteiger charge is -2.24. The molecule has 1 atom stereocenters. The van der Waals surface area contributed by atoms with Crippen LogP contribution in [0.3, 0.4) is 0 Å². The fourth-order valence-corrected chi connectivity index (χ4v) is 5.30. The van der Waals surface area contributed by atoms with Gasteiger partial charge in [-0.2, -0.15) is 0 Å². The van der Waals surface area contributed by atoms with Gasteiger partial charge >= 0.3 is 12.0 Å². The van der Waals surface area contributed by atoms with E-state index in [1.807, 2.05) is 86.6 Å². The molecule has 0 saturated carbocycles. The first-order chi connectivity index (χ1) is 19.0. The molecule has 3 aromatic carbocycles. The number of rotatable bonds is 15. The molecular formula is C32H40N2O4S. The van der Waals surface area contributed by atoms with Crippen molar-refractivity contribution in [1.29, 1.82) is 0 Å². The highest BCUT2D eigenvalue weighted by Crippen LogP contribution is 2.33. The van der Waals surface area contributed by atoms with Crippen LogP contribution >= 0.6 is 11.8 Å². The summed E-state index contributed by atoms with van der Waals surface area (Å²) >= 11 is 1.59. The van der Waals surface area contributed by atoms with Crippen LogP contribution in [0.4, 0.5) is 16.2 Å². The van der Waals surface area contributed by atoms with E-state index >= 15 is 0 Å². The Morgan fingerprint density at radius 2 is 1.64 bits per heavy atom. The SMILES string of the molecule is CCCCCCCN(C(=O)Nc1ccccc1OCC)c1cccc(Sc2ccc(C(CC)C(=O)O)cc2)c1. The van der Waals surface area contributed by atoms with Gasteiger partial charge in [-0.15, -0.1) is 0 Å². The topological polar surface area (TPSA) is 78.9 Å². The highest BCUT2D eigenvalue weighted by atomic mass is 32.2. The standard InChI is InChI=1S/C32H40N2O4S/c1-4-7-8-9-12-22-34(32(37)33-29-16-10-11-17-30(29)38-6-3)25-14-13-15-27(23-25)39-26-20-18-24(19-21-26)28(5-2)31(35)36/h10-11,13-21,23,28H,4-9,12,22H2,1-3H3,(H,33,37)(H,35,36). The third kappa shape index (κ3) is 9.06. The molecule has 0 radical (unpaired) electrons. The molecule has 2 N–H and O–H groups in total. The number of nitrogens with one attached hydrogen (secondary N) is 1. The minimum Gasteiger partial charge on any atom is -0.492 e. The molecule has 0 aliphatic rings. The summed E-state index contributed by atoms with van der Waals surface area (Å²) in [6.45, 7) is 7.13. The molecule has 7 heteroatoms. The van der Waals surface area contributed by atoms with E-state index in [1.54, 1.807) is 16.7 Å². The zero-order valence-corrected chi connectivity index (χ0v) is 24.0. The summed E-state index contributed by atoms with van der Waals surface area (Å²) in [5.74, 6) is -0.649. The number of ether oxygens (including phenoxy) is 1. The number of carbonyl (C=O) groups excluding carboxylic acids is 1. The number of anilines is 2. The van der Waals surface area contributed by atoms with Crippen molar-refractivity contribution >= 4 is 35.1 Å². The van der Waals surface area contributed by atoms with Crippen LogP contribution in [0.5, 0.6) is 5.75 Å². The molecule has 0 aliphatic heterocycles. The Labute approximate surface area is 236 Å². The van der Waals surface area contributed by atoms with E-state index in [1.165, 1.54) is 12.8 Å². The van der Waals surface area contributed by atoms with E-state index < -0.39 is 11.9 Å². The van der Waals surface area contributed by atoms with Crippen LogP contribution in [0.25, 0.3) is 0 Å². The van der Waals surface area contributed by atoms with Crippen LogP contribution in [0, 0.1) is 0 Å². The number of hydrogen-bond donors (Lipinski definition) is 2. The van der Waals surface area contributed by atoms with Crippen LogP contribution in [0.15, 0.2) is 82.6 Å². The molecule has 6 nitrogen and oxygen atoms in total. The van der Waals surface area contributed by atoms with E-state index in [-0.39, 0.29) is 6.03 Å². The molecule has 1 unspecified atom stereocenters. The number of aliphatic carboxylic acids is 1. The third-order valence-electron chi connectivity index (χ3n) is 6.51. The first kappa shape index (κ1) is 30.1. The maximum atomic E-state index is 13.5. The number of carbonyl (C=O) groups is 2. The maximum absolute atomic E-state index is 13.5. The predicted octanol–water partition coefficient (Wildman–Crippen LogP) is 8.82. The molecular weight excluding hydrogens is 508 g/mol. The lowest BCUT2D eigenvalue weighted by Crippen LogP contribution is -2.36. The van der Waals surface area contributed by atoms with E-state index in [0.717, 1.165) is 40.3 Å². The minimum atomic E-state index is -0.803. The van der Waals surface area contributed by atoms with Crippen molar-refractivity contribution in [3.8, 4) is 5.75 Å². The van der Waals surface area contributed by atoms with Gasteiger partial charge in [-0.25, -0.2) is 4.79 Å². The summed E-state index contributed by atoms with van der Waals surface area (Å²) < 4.78 is 5.71. The Bertz CT molecular complexity index is 1200. The Morgan fingerprint density at radius 1 is 0.897 bits per heavy atom. The molecule has 39 heavy (non-hydrogen) atoms. The molecule has 0 aliphatic carbocycles. The van der Waals surface area contributed by atoms with Crippen molar-refractivity contribution in [1.82, 2.24) is 0 Å². The van der Waals surface area contributed by atoms with E-state index in [0.29, 0.717) is 31.0 Å². The number of carboxylic acid groups (broad SMARTS) is 1. The lowest BCUT2D eigenvalue weighted by atomic mass is 9.97. The monoisotopic (exact) mass is 548 g/mol. The summed E-state index contributed by atoms with van der Waals surface area (Å²) in [5, 5.41) is 12.5. The van der Waals surface area contributed by atoms with Gasteiger partial charge in [0.05, 0.1) is 18.2 Å². The zero-order chi connectivity index (χ0) is 28.0. The van der Waals surface area contributed by atoms with Gasteiger partial charge in [-0.1, -0.05) is 81.6 Å². The molecule has 0 heterocycles. The predicted molar refractivity (Wildman–Crippen MR) is 160 cm³/mol. The van der Waals surface area contributed by atoms with Crippen LogP contribution in [-0.4, -0.2) is 30.3 Å². The quantitative estimate of drug-likeness (QED) is 0.186. The van der Waals surface area contributed by atoms with E-state index in [9.17, 15) is 14.7 Å². The third-order valence-corrected chi connectivity index (χ3v) is 7.51. The maximum Gasteiger partial charge on any atom is 0.326 e. The Morgan fingerprint density at radius 3 is 2.33 bits per heavy atom. The van der Waals surface area contributed by atoms with Crippen molar-refractivity contribution in [2.24, 2.45) is 0 Å². The smallest absolute Gasteiger partial charge is 0.326 e. The van der Waals surface area contributed by atoms with E-state index in [4.69, 9.17) is 4.74 Å². The highest BCUT2D eigenvalue weighted by Gasteiger charge is 2.19. The fraction of sp³-hybridized carbons (Fsp3) is 0.375. The van der Waals surface area contributed by atoms with Crippen molar-refractivity contribution < 1.29 is 19.4 Å². The molecule has 3 rings (SSSR count). The van der Waals surface area contributed by atoms with Crippen LogP contribution in [0.2, 0.25) is 0 Å². The van der Waals surface area contributed by atoms with Gasteiger partial charge in [0.1, 0.15) is 5.75 Å². The van der Waals surface area contributed by atoms with Crippen molar-refractivity contribution in [2.45, 2.75) is 75.0 Å². The second-order valence-corrected chi connectivity index (χ2v) is 10.5. The minimum absolute atomic E-state index is 0.191. The number of benzene rings is 3. The summed E-state index contributed by atoms with van der Waals surface area (Å²) in [5.41, 5.74) is 2.29.